The van der Waals surface area contributed by atoms with Gasteiger partial charge in [0.15, 0.2) is 0 Å². The van der Waals surface area contributed by atoms with Crippen molar-refractivity contribution in [2.45, 2.75) is 12.3 Å². The number of carbonyl (C=O) groups excluding carboxylic acids is 1. The zero-order chi connectivity index (χ0) is 11.4. The minimum atomic E-state index is -0.657. The van der Waals surface area contributed by atoms with Crippen LogP contribution in [0.25, 0.3) is 0 Å². The Morgan fingerprint density at radius 1 is 1.60 bits per heavy atom. The predicted octanol–water partition coefficient (Wildman–Crippen LogP) is 2.78. The van der Waals surface area contributed by atoms with E-state index in [1.54, 1.807) is 13.0 Å². The minimum Gasteiger partial charge on any atom is -0.324 e. The molecule has 0 bridgehead atoms. The fourth-order valence-electron chi connectivity index (χ4n) is 0.950. The van der Waals surface area contributed by atoms with Gasteiger partial charge in [0.05, 0.1) is 11.3 Å². The molecule has 0 aliphatic carbocycles. The molecule has 0 heterocycles. The number of rotatable bonds is 2. The zero-order valence-electron chi connectivity index (χ0n) is 7.92. The minimum absolute atomic E-state index is 0.352. The first-order valence-corrected chi connectivity index (χ1v) is 5.00. The molecule has 0 aliphatic heterocycles. The van der Waals surface area contributed by atoms with E-state index in [0.29, 0.717) is 16.3 Å². The predicted molar refractivity (Wildman–Crippen MR) is 60.1 cm³/mol. The normalized spacial score (nSPS) is 11.6. The van der Waals surface area contributed by atoms with E-state index in [0.717, 1.165) is 0 Å². The van der Waals surface area contributed by atoms with Crippen molar-refractivity contribution in [1.29, 1.82) is 5.26 Å². The number of hydrogen-bond donors (Lipinski definition) is 1. The number of nitrogens with one attached hydrogen (secondary N) is 1. The van der Waals surface area contributed by atoms with Crippen LogP contribution in [-0.2, 0) is 4.79 Å². The monoisotopic (exact) mass is 242 g/mol. The molecule has 0 fully saturated rings. The Morgan fingerprint density at radius 2 is 2.27 bits per heavy atom. The van der Waals surface area contributed by atoms with E-state index >= 15 is 0 Å². The number of carbonyl (C=O) groups is 1. The van der Waals surface area contributed by atoms with Gasteiger partial charge in [-0.15, -0.1) is 11.6 Å². The Kier molecular flexibility index (Phi) is 3.96. The van der Waals surface area contributed by atoms with Crippen molar-refractivity contribution in [3.8, 4) is 6.07 Å². The lowest BCUT2D eigenvalue weighted by molar-refractivity contribution is -0.115. The van der Waals surface area contributed by atoms with Gasteiger partial charge < -0.3 is 5.32 Å². The maximum atomic E-state index is 11.3. The molecule has 1 aromatic rings. The third kappa shape index (κ3) is 3.12. The third-order valence-corrected chi connectivity index (χ3v) is 2.15. The number of anilines is 1. The molecule has 5 heteroatoms. The second-order valence-corrected chi connectivity index (χ2v) is 4.00. The lowest BCUT2D eigenvalue weighted by Gasteiger charge is -2.08. The standard InChI is InChI=1S/C10H8Cl2N2O/c1-6(11)10(15)14-9-4-8(12)3-2-7(9)5-13/h2-4,6H,1H3,(H,14,15)/t6-/m0/s1. The molecular weight excluding hydrogens is 235 g/mol. The highest BCUT2D eigenvalue weighted by Gasteiger charge is 2.11. The molecule has 0 saturated heterocycles. The highest BCUT2D eigenvalue weighted by molar-refractivity contribution is 6.33. The molecule has 0 spiro atoms. The Balaban J connectivity index is 2.98. The summed E-state index contributed by atoms with van der Waals surface area (Å²) in [5.41, 5.74) is 0.729. The second kappa shape index (κ2) is 5.01. The van der Waals surface area contributed by atoms with Gasteiger partial charge in [-0.3, -0.25) is 4.79 Å². The van der Waals surface area contributed by atoms with Crippen LogP contribution in [0.5, 0.6) is 0 Å². The van der Waals surface area contributed by atoms with E-state index in [2.05, 4.69) is 5.32 Å². The molecule has 1 aromatic carbocycles. The first kappa shape index (κ1) is 11.8. The number of nitrogens with zero attached hydrogens (tertiary/aromatic N) is 1. The largest absolute Gasteiger partial charge is 0.324 e. The maximum absolute atomic E-state index is 11.3. The lowest BCUT2D eigenvalue weighted by Crippen LogP contribution is -2.20. The molecule has 15 heavy (non-hydrogen) atoms. The highest BCUT2D eigenvalue weighted by Crippen LogP contribution is 2.20. The molecule has 0 saturated carbocycles. The van der Waals surface area contributed by atoms with Crippen molar-refractivity contribution < 1.29 is 4.79 Å². The van der Waals surface area contributed by atoms with Crippen LogP contribution in [-0.4, -0.2) is 11.3 Å². The van der Waals surface area contributed by atoms with E-state index in [1.165, 1.54) is 12.1 Å². The average Bonchev–Trinajstić information content (AvgIpc) is 2.18. The second-order valence-electron chi connectivity index (χ2n) is 2.91. The van der Waals surface area contributed by atoms with Crippen LogP contribution in [0, 0.1) is 11.3 Å². The first-order chi connectivity index (χ1) is 7.04. The summed E-state index contributed by atoms with van der Waals surface area (Å²) in [6.07, 6.45) is 0. The molecule has 0 radical (unpaired) electrons. The quantitative estimate of drug-likeness (QED) is 0.812. The molecule has 1 rings (SSSR count). The summed E-state index contributed by atoms with van der Waals surface area (Å²) in [4.78, 5) is 11.3. The molecule has 1 atom stereocenters. The molecule has 78 valence electrons. The number of amides is 1. The van der Waals surface area contributed by atoms with Crippen molar-refractivity contribution in [3.05, 3.63) is 28.8 Å². The molecule has 0 aromatic heterocycles. The number of benzene rings is 1. The lowest BCUT2D eigenvalue weighted by atomic mass is 10.2. The fraction of sp³-hybridized carbons (Fsp3) is 0.200. The summed E-state index contributed by atoms with van der Waals surface area (Å²) < 4.78 is 0. The Morgan fingerprint density at radius 3 is 2.80 bits per heavy atom. The Hall–Kier alpha value is -1.24. The maximum Gasteiger partial charge on any atom is 0.242 e. The average molecular weight is 243 g/mol. The summed E-state index contributed by atoms with van der Waals surface area (Å²) >= 11 is 11.3. The van der Waals surface area contributed by atoms with Crippen molar-refractivity contribution in [2.75, 3.05) is 5.32 Å². The zero-order valence-corrected chi connectivity index (χ0v) is 9.43. The van der Waals surface area contributed by atoms with Crippen molar-refractivity contribution in [3.63, 3.8) is 0 Å². The van der Waals surface area contributed by atoms with Gasteiger partial charge in [-0.25, -0.2) is 0 Å². The SMILES string of the molecule is C[C@H](Cl)C(=O)Nc1cc(Cl)ccc1C#N. The number of hydrogen-bond acceptors (Lipinski definition) is 2. The first-order valence-electron chi connectivity index (χ1n) is 4.19. The Bertz CT molecular complexity index is 424. The van der Waals surface area contributed by atoms with Gasteiger partial charge in [-0.05, 0) is 25.1 Å². The Labute approximate surface area is 97.6 Å². The van der Waals surface area contributed by atoms with E-state index < -0.39 is 5.38 Å². The molecular formula is C10H8Cl2N2O. The molecule has 0 unspecified atom stereocenters. The smallest absolute Gasteiger partial charge is 0.242 e. The van der Waals surface area contributed by atoms with E-state index in [4.69, 9.17) is 28.5 Å². The van der Waals surface area contributed by atoms with Gasteiger partial charge in [0.1, 0.15) is 11.4 Å². The topological polar surface area (TPSA) is 52.9 Å². The van der Waals surface area contributed by atoms with Crippen LogP contribution in [0.15, 0.2) is 18.2 Å². The molecule has 3 nitrogen and oxygen atoms in total. The number of nitriles is 1. The highest BCUT2D eigenvalue weighted by atomic mass is 35.5. The van der Waals surface area contributed by atoms with Crippen LogP contribution < -0.4 is 5.32 Å². The van der Waals surface area contributed by atoms with E-state index in [-0.39, 0.29) is 5.91 Å². The van der Waals surface area contributed by atoms with Crippen molar-refractivity contribution in [2.24, 2.45) is 0 Å². The van der Waals surface area contributed by atoms with Gasteiger partial charge in [-0.2, -0.15) is 5.26 Å². The number of halogens is 2. The summed E-state index contributed by atoms with van der Waals surface area (Å²) in [6.45, 7) is 1.55. The van der Waals surface area contributed by atoms with Gasteiger partial charge >= 0.3 is 0 Å². The van der Waals surface area contributed by atoms with E-state index in [9.17, 15) is 4.79 Å². The molecule has 1 amide bonds. The number of alkyl halides is 1. The van der Waals surface area contributed by atoms with Gasteiger partial charge in [0.25, 0.3) is 0 Å². The summed E-state index contributed by atoms with van der Waals surface area (Å²) in [7, 11) is 0. The molecule has 0 aliphatic rings. The van der Waals surface area contributed by atoms with Gasteiger partial charge in [0, 0.05) is 5.02 Å². The summed E-state index contributed by atoms with van der Waals surface area (Å²) in [6, 6.07) is 6.58. The van der Waals surface area contributed by atoms with Gasteiger partial charge in [0.2, 0.25) is 5.91 Å². The van der Waals surface area contributed by atoms with Gasteiger partial charge in [-0.1, -0.05) is 11.6 Å². The van der Waals surface area contributed by atoms with Crippen molar-refractivity contribution >= 4 is 34.8 Å². The van der Waals surface area contributed by atoms with Crippen LogP contribution >= 0.6 is 23.2 Å². The van der Waals surface area contributed by atoms with Crippen LogP contribution in [0.3, 0.4) is 0 Å². The van der Waals surface area contributed by atoms with Crippen LogP contribution in [0.4, 0.5) is 5.69 Å². The van der Waals surface area contributed by atoms with E-state index in [1.807, 2.05) is 6.07 Å². The van der Waals surface area contributed by atoms with Crippen LogP contribution in [0.2, 0.25) is 5.02 Å². The fourth-order valence-corrected chi connectivity index (χ4v) is 1.18. The third-order valence-electron chi connectivity index (χ3n) is 1.72. The van der Waals surface area contributed by atoms with Crippen LogP contribution in [0.1, 0.15) is 12.5 Å². The van der Waals surface area contributed by atoms with Crippen molar-refractivity contribution in [1.82, 2.24) is 0 Å². The summed E-state index contributed by atoms with van der Waals surface area (Å²) in [5, 5.41) is 11.1. The summed E-state index contributed by atoms with van der Waals surface area (Å²) in [5.74, 6) is -0.365. The molecule has 1 N–H and O–H groups in total.